The van der Waals surface area contributed by atoms with Crippen molar-refractivity contribution in [3.8, 4) is 23.0 Å². The predicted octanol–water partition coefficient (Wildman–Crippen LogP) is 4.91. The zero-order valence-electron chi connectivity index (χ0n) is 19.1. The van der Waals surface area contributed by atoms with E-state index in [0.29, 0.717) is 45.1 Å². The smallest absolute Gasteiger partial charge is 0.174 e. The predicted molar refractivity (Wildman–Crippen MR) is 122 cm³/mol. The lowest BCUT2D eigenvalue weighted by Gasteiger charge is -2.36. The molecule has 3 aromatic carbocycles. The fraction of sp³-hybridized carbons (Fsp3) is 0.308. The second kappa shape index (κ2) is 7.86. The number of Topliss-reactive ketones (excluding diaryl/α,β-unsaturated/α-hetero) is 2. The van der Waals surface area contributed by atoms with E-state index < -0.39 is 5.41 Å². The molecule has 166 valence electrons. The number of fused-ring (bicyclic) bond motifs is 2. The highest BCUT2D eigenvalue weighted by Gasteiger charge is 2.48. The van der Waals surface area contributed by atoms with Gasteiger partial charge in [0.15, 0.2) is 11.6 Å². The lowest BCUT2D eigenvalue weighted by atomic mass is 9.65. The summed E-state index contributed by atoms with van der Waals surface area (Å²) in [7, 11) is 6.23. The molecule has 0 aromatic heterocycles. The molecular formula is C26H26O6. The fourth-order valence-corrected chi connectivity index (χ4v) is 5.03. The van der Waals surface area contributed by atoms with Crippen molar-refractivity contribution in [3.05, 3.63) is 58.7 Å². The summed E-state index contributed by atoms with van der Waals surface area (Å²) < 4.78 is 22.6. The normalized spacial score (nSPS) is 17.8. The van der Waals surface area contributed by atoms with Crippen molar-refractivity contribution in [1.29, 1.82) is 0 Å². The Labute approximate surface area is 187 Å². The molecule has 0 saturated heterocycles. The van der Waals surface area contributed by atoms with Gasteiger partial charge in [0.05, 0.1) is 44.8 Å². The van der Waals surface area contributed by atoms with Crippen LogP contribution in [0.5, 0.6) is 23.0 Å². The van der Waals surface area contributed by atoms with Crippen molar-refractivity contribution >= 4 is 22.3 Å². The quantitative estimate of drug-likeness (QED) is 0.568. The molecule has 0 amide bonds. The molecule has 4 rings (SSSR count). The first kappa shape index (κ1) is 21.7. The molecule has 0 radical (unpaired) electrons. The van der Waals surface area contributed by atoms with Crippen molar-refractivity contribution in [3.63, 3.8) is 0 Å². The van der Waals surface area contributed by atoms with Crippen molar-refractivity contribution in [2.45, 2.75) is 25.7 Å². The van der Waals surface area contributed by atoms with E-state index in [1.165, 1.54) is 7.11 Å². The lowest BCUT2D eigenvalue weighted by Crippen LogP contribution is -2.41. The lowest BCUT2D eigenvalue weighted by molar-refractivity contribution is 0.0793. The average Bonchev–Trinajstić information content (AvgIpc) is 2.80. The molecule has 0 saturated carbocycles. The summed E-state index contributed by atoms with van der Waals surface area (Å²) in [4.78, 5) is 27.3. The van der Waals surface area contributed by atoms with E-state index in [1.807, 2.05) is 25.1 Å². The molecule has 1 atom stereocenters. The van der Waals surface area contributed by atoms with Crippen molar-refractivity contribution in [1.82, 2.24) is 0 Å². The topological polar surface area (TPSA) is 71.1 Å². The minimum Gasteiger partial charge on any atom is -0.496 e. The molecule has 0 aliphatic heterocycles. The van der Waals surface area contributed by atoms with E-state index in [4.69, 9.17) is 18.9 Å². The number of ether oxygens (including phenoxy) is 4. The monoisotopic (exact) mass is 434 g/mol. The third kappa shape index (κ3) is 2.86. The zero-order chi connectivity index (χ0) is 23.2. The van der Waals surface area contributed by atoms with Crippen LogP contribution < -0.4 is 18.9 Å². The molecule has 1 unspecified atom stereocenters. The highest BCUT2D eigenvalue weighted by molar-refractivity contribution is 6.20. The third-order valence-electron chi connectivity index (χ3n) is 6.41. The molecule has 0 fully saturated rings. The minimum absolute atomic E-state index is 0.0137. The van der Waals surface area contributed by atoms with Crippen LogP contribution in [0, 0.1) is 6.92 Å². The van der Waals surface area contributed by atoms with Crippen LogP contribution in [0.1, 0.15) is 45.2 Å². The van der Waals surface area contributed by atoms with Gasteiger partial charge in [-0.3, -0.25) is 9.59 Å². The molecule has 0 spiro atoms. The molecule has 0 N–H and O–H groups in total. The second-order valence-corrected chi connectivity index (χ2v) is 8.09. The van der Waals surface area contributed by atoms with Crippen molar-refractivity contribution in [2.75, 3.05) is 28.4 Å². The molecule has 32 heavy (non-hydrogen) atoms. The van der Waals surface area contributed by atoms with Gasteiger partial charge in [0.25, 0.3) is 0 Å². The van der Waals surface area contributed by atoms with Gasteiger partial charge in [-0.15, -0.1) is 0 Å². The van der Waals surface area contributed by atoms with Crippen LogP contribution in [-0.2, 0) is 5.41 Å². The first-order valence-corrected chi connectivity index (χ1v) is 10.3. The Morgan fingerprint density at radius 2 is 1.44 bits per heavy atom. The maximum Gasteiger partial charge on any atom is 0.174 e. The molecular weight excluding hydrogens is 408 g/mol. The first-order valence-electron chi connectivity index (χ1n) is 10.3. The minimum atomic E-state index is -1.16. The van der Waals surface area contributed by atoms with Gasteiger partial charge in [0, 0.05) is 22.9 Å². The number of ketones is 2. The summed E-state index contributed by atoms with van der Waals surface area (Å²) in [6.07, 6.45) is -0.0137. The largest absolute Gasteiger partial charge is 0.496 e. The van der Waals surface area contributed by atoms with Crippen LogP contribution in [0.4, 0.5) is 0 Å². The Kier molecular flexibility index (Phi) is 5.33. The number of carbonyl (C=O) groups excluding carboxylic acids is 2. The van der Waals surface area contributed by atoms with Gasteiger partial charge in [-0.25, -0.2) is 0 Å². The zero-order valence-corrected chi connectivity index (χ0v) is 19.1. The maximum atomic E-state index is 13.9. The van der Waals surface area contributed by atoms with Gasteiger partial charge in [-0.2, -0.15) is 0 Å². The fourth-order valence-electron chi connectivity index (χ4n) is 5.03. The van der Waals surface area contributed by atoms with Crippen LogP contribution in [0.3, 0.4) is 0 Å². The van der Waals surface area contributed by atoms with Gasteiger partial charge in [0.1, 0.15) is 23.0 Å². The molecule has 1 aliphatic rings. The standard InChI is InChI=1S/C26H26O6/c1-14-22(24(32-6)21-15(23(14)31-5)9-7-12-19(21)30-4)26(2)13-17(27)20-16(25(26)28)10-8-11-18(20)29-3/h7-12H,13H2,1-6H3. The second-order valence-electron chi connectivity index (χ2n) is 8.09. The van der Waals surface area contributed by atoms with E-state index in [2.05, 4.69) is 0 Å². The number of rotatable bonds is 5. The van der Waals surface area contributed by atoms with Crippen LogP contribution in [0.2, 0.25) is 0 Å². The van der Waals surface area contributed by atoms with Crippen LogP contribution in [0.25, 0.3) is 10.8 Å². The summed E-state index contributed by atoms with van der Waals surface area (Å²) in [5, 5.41) is 1.51. The van der Waals surface area contributed by atoms with Gasteiger partial charge >= 0.3 is 0 Å². The van der Waals surface area contributed by atoms with E-state index >= 15 is 0 Å². The average molecular weight is 434 g/mol. The Bertz CT molecular complexity index is 1260. The third-order valence-corrected chi connectivity index (χ3v) is 6.41. The van der Waals surface area contributed by atoms with E-state index in [9.17, 15) is 9.59 Å². The molecule has 0 bridgehead atoms. The van der Waals surface area contributed by atoms with E-state index in [0.717, 1.165) is 10.9 Å². The van der Waals surface area contributed by atoms with Gasteiger partial charge in [-0.1, -0.05) is 24.3 Å². The van der Waals surface area contributed by atoms with Gasteiger partial charge < -0.3 is 18.9 Å². The molecule has 6 nitrogen and oxygen atoms in total. The number of hydrogen-bond acceptors (Lipinski definition) is 6. The first-order chi connectivity index (χ1) is 15.3. The number of carbonyl (C=O) groups is 2. The number of hydrogen-bond donors (Lipinski definition) is 0. The highest BCUT2D eigenvalue weighted by atomic mass is 16.5. The van der Waals surface area contributed by atoms with E-state index in [1.54, 1.807) is 46.5 Å². The van der Waals surface area contributed by atoms with Crippen molar-refractivity contribution in [2.24, 2.45) is 0 Å². The Hall–Kier alpha value is -3.54. The Morgan fingerprint density at radius 1 is 0.812 bits per heavy atom. The molecule has 6 heteroatoms. The summed E-state index contributed by atoms with van der Waals surface area (Å²) in [5.41, 5.74) is 0.901. The Morgan fingerprint density at radius 3 is 2.06 bits per heavy atom. The van der Waals surface area contributed by atoms with Crippen LogP contribution in [0.15, 0.2) is 36.4 Å². The molecule has 0 heterocycles. The van der Waals surface area contributed by atoms with Gasteiger partial charge in [-0.05, 0) is 31.5 Å². The molecule has 3 aromatic rings. The summed E-state index contributed by atoms with van der Waals surface area (Å²) in [6.45, 7) is 3.68. The molecule has 1 aliphatic carbocycles. The summed E-state index contributed by atoms with van der Waals surface area (Å²) in [6, 6.07) is 10.7. The summed E-state index contributed by atoms with van der Waals surface area (Å²) >= 11 is 0. The Balaban J connectivity index is 2.10. The summed E-state index contributed by atoms with van der Waals surface area (Å²) in [5.74, 6) is 1.81. The van der Waals surface area contributed by atoms with E-state index in [-0.39, 0.29) is 18.0 Å². The number of methoxy groups -OCH3 is 4. The van der Waals surface area contributed by atoms with Crippen molar-refractivity contribution < 1.29 is 28.5 Å². The van der Waals surface area contributed by atoms with Crippen LogP contribution in [-0.4, -0.2) is 40.0 Å². The highest BCUT2D eigenvalue weighted by Crippen LogP contribution is 2.52. The number of benzene rings is 3. The van der Waals surface area contributed by atoms with Crippen LogP contribution >= 0.6 is 0 Å². The maximum absolute atomic E-state index is 13.9. The van der Waals surface area contributed by atoms with Gasteiger partial charge in [0.2, 0.25) is 0 Å². The SMILES string of the molecule is COc1cccc2c1C(=O)CC(C)(c1c(C)c(OC)c3cccc(OC)c3c1OC)C2=O.